The van der Waals surface area contributed by atoms with Crippen molar-refractivity contribution in [2.75, 3.05) is 13.7 Å². The van der Waals surface area contributed by atoms with Crippen molar-refractivity contribution in [2.45, 2.75) is 17.9 Å². The van der Waals surface area contributed by atoms with E-state index in [1.54, 1.807) is 30.5 Å². The molecule has 138 valence electrons. The van der Waals surface area contributed by atoms with Crippen molar-refractivity contribution >= 4 is 21.9 Å². The Labute approximate surface area is 151 Å². The summed E-state index contributed by atoms with van der Waals surface area (Å²) in [5.74, 6) is -0.726. The Hall–Kier alpha value is -2.78. The summed E-state index contributed by atoms with van der Waals surface area (Å²) in [6, 6.07) is 9.16. The molecule has 1 aromatic carbocycles. The Bertz CT molecular complexity index is 867. The number of methoxy groups -OCH3 is 1. The zero-order chi connectivity index (χ0) is 19.2. The molecule has 2 rings (SSSR count). The summed E-state index contributed by atoms with van der Waals surface area (Å²) in [6.45, 7) is 0.340. The molecule has 0 aliphatic carbocycles. The zero-order valence-electron chi connectivity index (χ0n) is 14.2. The molecule has 0 aliphatic rings. The van der Waals surface area contributed by atoms with Gasteiger partial charge in [0.2, 0.25) is 10.0 Å². The normalized spacial score (nSPS) is 11.0. The molecule has 0 spiro atoms. The van der Waals surface area contributed by atoms with Crippen LogP contribution in [0.15, 0.2) is 53.7 Å². The molecule has 2 N–H and O–H groups in total. The number of carbonyl (C=O) groups is 2. The van der Waals surface area contributed by atoms with Crippen LogP contribution in [0.2, 0.25) is 0 Å². The number of benzene rings is 1. The van der Waals surface area contributed by atoms with Crippen molar-refractivity contribution in [2.24, 2.45) is 5.14 Å². The fourth-order valence-electron chi connectivity index (χ4n) is 2.26. The lowest BCUT2D eigenvalue weighted by Crippen LogP contribution is -2.32. The van der Waals surface area contributed by atoms with Crippen molar-refractivity contribution in [3.05, 3.63) is 59.9 Å². The van der Waals surface area contributed by atoms with E-state index in [0.717, 1.165) is 0 Å². The lowest BCUT2D eigenvalue weighted by Gasteiger charge is -2.22. The first-order chi connectivity index (χ1) is 12.3. The molecule has 0 fully saturated rings. The van der Waals surface area contributed by atoms with Crippen LogP contribution in [-0.4, -0.2) is 43.8 Å². The summed E-state index contributed by atoms with van der Waals surface area (Å²) in [4.78, 5) is 29.5. The van der Waals surface area contributed by atoms with Crippen LogP contribution in [0.4, 0.5) is 0 Å². The highest BCUT2D eigenvalue weighted by Crippen LogP contribution is 2.13. The number of ether oxygens (including phenoxy) is 1. The summed E-state index contributed by atoms with van der Waals surface area (Å²) in [7, 11) is -2.50. The maximum atomic E-state index is 12.7. The van der Waals surface area contributed by atoms with Gasteiger partial charge < -0.3 is 9.64 Å². The average molecular weight is 377 g/mol. The minimum atomic E-state index is -3.78. The number of amides is 1. The van der Waals surface area contributed by atoms with Crippen LogP contribution >= 0.6 is 0 Å². The van der Waals surface area contributed by atoms with Gasteiger partial charge in [0.05, 0.1) is 24.0 Å². The van der Waals surface area contributed by atoms with Gasteiger partial charge in [-0.1, -0.05) is 12.1 Å². The monoisotopic (exact) mass is 377 g/mol. The van der Waals surface area contributed by atoms with Crippen LogP contribution in [-0.2, 0) is 26.1 Å². The quantitative estimate of drug-likeness (QED) is 0.717. The van der Waals surface area contributed by atoms with Crippen molar-refractivity contribution < 1.29 is 22.7 Å². The predicted molar refractivity (Wildman–Crippen MR) is 93.4 cm³/mol. The third kappa shape index (κ3) is 5.36. The van der Waals surface area contributed by atoms with E-state index < -0.39 is 16.0 Å². The molecular weight excluding hydrogens is 358 g/mol. The van der Waals surface area contributed by atoms with E-state index >= 15 is 0 Å². The number of nitrogens with zero attached hydrogens (tertiary/aromatic N) is 2. The molecule has 2 aromatic rings. The molecular formula is C17H19N3O5S. The highest BCUT2D eigenvalue weighted by atomic mass is 32.2. The zero-order valence-corrected chi connectivity index (χ0v) is 15.0. The van der Waals surface area contributed by atoms with Crippen molar-refractivity contribution in [1.29, 1.82) is 0 Å². The Morgan fingerprint density at radius 3 is 2.42 bits per heavy atom. The first kappa shape index (κ1) is 19.5. The molecule has 1 heterocycles. The van der Waals surface area contributed by atoms with Crippen molar-refractivity contribution in [1.82, 2.24) is 9.88 Å². The number of primary sulfonamides is 1. The fourth-order valence-corrected chi connectivity index (χ4v) is 2.77. The van der Waals surface area contributed by atoms with Crippen molar-refractivity contribution in [3.63, 3.8) is 0 Å². The molecule has 0 saturated carbocycles. The van der Waals surface area contributed by atoms with Gasteiger partial charge in [-0.2, -0.15) is 0 Å². The molecule has 8 nitrogen and oxygen atoms in total. The van der Waals surface area contributed by atoms with E-state index in [4.69, 9.17) is 5.14 Å². The smallest absolute Gasteiger partial charge is 0.307 e. The third-order valence-electron chi connectivity index (χ3n) is 3.63. The lowest BCUT2D eigenvalue weighted by molar-refractivity contribution is -0.140. The molecule has 1 amide bonds. The number of pyridine rings is 1. The van der Waals surface area contributed by atoms with Gasteiger partial charge in [0.15, 0.2) is 0 Å². The maximum absolute atomic E-state index is 12.7. The van der Waals surface area contributed by atoms with Gasteiger partial charge in [0.25, 0.3) is 5.91 Å². The molecule has 0 bridgehead atoms. The largest absolute Gasteiger partial charge is 0.469 e. The highest BCUT2D eigenvalue weighted by molar-refractivity contribution is 7.89. The minimum absolute atomic E-state index is 0.0130. The Balaban J connectivity index is 2.20. The number of hydrogen-bond acceptors (Lipinski definition) is 6. The summed E-state index contributed by atoms with van der Waals surface area (Å²) in [6.07, 6.45) is 3.04. The number of carbonyl (C=O) groups excluding carboxylic acids is 2. The highest BCUT2D eigenvalue weighted by Gasteiger charge is 2.18. The molecule has 0 atom stereocenters. The van der Waals surface area contributed by atoms with Gasteiger partial charge in [-0.15, -0.1) is 0 Å². The van der Waals surface area contributed by atoms with Crippen LogP contribution in [0.3, 0.4) is 0 Å². The van der Waals surface area contributed by atoms with Crippen LogP contribution in [0.25, 0.3) is 0 Å². The summed E-state index contributed by atoms with van der Waals surface area (Å²) in [5.41, 5.74) is 1.08. The SMILES string of the molecule is COC(=O)CCN(Cc1ccc(S(N)(=O)=O)cc1)C(=O)c1cccnc1. The Morgan fingerprint density at radius 2 is 1.88 bits per heavy atom. The van der Waals surface area contributed by atoms with E-state index in [1.807, 2.05) is 0 Å². The fraction of sp³-hybridized carbons (Fsp3) is 0.235. The van der Waals surface area contributed by atoms with E-state index in [-0.39, 0.29) is 30.3 Å². The van der Waals surface area contributed by atoms with E-state index in [0.29, 0.717) is 11.1 Å². The van der Waals surface area contributed by atoms with Crippen molar-refractivity contribution in [3.8, 4) is 0 Å². The molecule has 26 heavy (non-hydrogen) atoms. The number of hydrogen-bond donors (Lipinski definition) is 1. The van der Waals surface area contributed by atoms with Gasteiger partial charge in [-0.25, -0.2) is 13.6 Å². The van der Waals surface area contributed by atoms with Crippen LogP contribution in [0.5, 0.6) is 0 Å². The van der Waals surface area contributed by atoms with Gasteiger partial charge in [-0.3, -0.25) is 14.6 Å². The molecule has 0 saturated heterocycles. The van der Waals surface area contributed by atoms with Crippen LogP contribution in [0.1, 0.15) is 22.3 Å². The number of esters is 1. The second kappa shape index (κ2) is 8.54. The first-order valence-electron chi connectivity index (χ1n) is 7.69. The van der Waals surface area contributed by atoms with E-state index in [9.17, 15) is 18.0 Å². The number of rotatable bonds is 7. The standard InChI is InChI=1S/C17H19N3O5S/c1-25-16(21)8-10-20(17(22)14-3-2-9-19-11-14)12-13-4-6-15(7-5-13)26(18,23)24/h2-7,9,11H,8,10,12H2,1H3,(H2,18,23,24). The number of aromatic nitrogens is 1. The molecule has 0 aliphatic heterocycles. The number of nitrogens with two attached hydrogens (primary N) is 1. The second-order valence-electron chi connectivity index (χ2n) is 5.48. The number of sulfonamides is 1. The molecule has 1 aromatic heterocycles. The Morgan fingerprint density at radius 1 is 1.19 bits per heavy atom. The molecule has 0 unspecified atom stereocenters. The van der Waals surface area contributed by atoms with Crippen LogP contribution < -0.4 is 5.14 Å². The maximum Gasteiger partial charge on any atom is 0.307 e. The topological polar surface area (TPSA) is 120 Å². The predicted octanol–water partition coefficient (Wildman–Crippen LogP) is 0.934. The summed E-state index contributed by atoms with van der Waals surface area (Å²) < 4.78 is 27.3. The molecule has 0 radical (unpaired) electrons. The average Bonchev–Trinajstić information content (AvgIpc) is 2.64. The third-order valence-corrected chi connectivity index (χ3v) is 4.56. The van der Waals surface area contributed by atoms with Gasteiger partial charge >= 0.3 is 5.97 Å². The van der Waals surface area contributed by atoms with Gasteiger partial charge in [0.1, 0.15) is 0 Å². The summed E-state index contributed by atoms with van der Waals surface area (Å²) >= 11 is 0. The summed E-state index contributed by atoms with van der Waals surface area (Å²) in [5, 5.41) is 5.08. The first-order valence-corrected chi connectivity index (χ1v) is 9.24. The molecule has 9 heteroatoms. The van der Waals surface area contributed by atoms with Crippen LogP contribution in [0, 0.1) is 0 Å². The second-order valence-corrected chi connectivity index (χ2v) is 7.04. The van der Waals surface area contributed by atoms with E-state index in [2.05, 4.69) is 9.72 Å². The van der Waals surface area contributed by atoms with Gasteiger partial charge in [-0.05, 0) is 29.8 Å². The lowest BCUT2D eigenvalue weighted by atomic mass is 10.1. The minimum Gasteiger partial charge on any atom is -0.469 e. The van der Waals surface area contributed by atoms with E-state index in [1.165, 1.54) is 30.3 Å². The van der Waals surface area contributed by atoms with Gasteiger partial charge in [0, 0.05) is 25.5 Å². The Kier molecular flexibility index (Phi) is 6.42.